The fraction of sp³-hybridized carbons (Fsp3) is 0.533. The van der Waals surface area contributed by atoms with E-state index in [1.165, 1.54) is 0 Å². The van der Waals surface area contributed by atoms with Crippen molar-refractivity contribution < 1.29 is 9.53 Å². The second kappa shape index (κ2) is 8.02. The summed E-state index contributed by atoms with van der Waals surface area (Å²) in [5, 5.41) is 0. The van der Waals surface area contributed by atoms with Crippen LogP contribution >= 0.6 is 0 Å². The van der Waals surface area contributed by atoms with Gasteiger partial charge >= 0.3 is 0 Å². The van der Waals surface area contributed by atoms with Crippen molar-refractivity contribution in [3.8, 4) is 0 Å². The first-order valence-corrected chi connectivity index (χ1v) is 6.35. The van der Waals surface area contributed by atoms with E-state index in [0.717, 1.165) is 12.0 Å². The van der Waals surface area contributed by atoms with Crippen molar-refractivity contribution in [2.24, 2.45) is 5.92 Å². The number of hydrogen-bond acceptors (Lipinski definition) is 2. The lowest BCUT2D eigenvalue weighted by Crippen LogP contribution is -2.08. The Hall–Kier alpha value is -1.15. The lowest BCUT2D eigenvalue weighted by Gasteiger charge is -2.07. The molecule has 0 aliphatic carbocycles. The molecule has 17 heavy (non-hydrogen) atoms. The van der Waals surface area contributed by atoms with Crippen molar-refractivity contribution in [2.75, 3.05) is 6.61 Å². The molecule has 0 heterocycles. The number of Topliss-reactive ketones (excluding diaryl/α,β-unsaturated/α-hetero) is 1. The molecule has 1 atom stereocenters. The molecule has 0 aromatic heterocycles. The van der Waals surface area contributed by atoms with Gasteiger partial charge in [-0.25, -0.2) is 0 Å². The number of ketones is 1. The van der Waals surface area contributed by atoms with Gasteiger partial charge in [0.1, 0.15) is 5.78 Å². The highest BCUT2D eigenvalue weighted by molar-refractivity contribution is 5.78. The third-order valence-electron chi connectivity index (χ3n) is 2.91. The molecule has 1 rings (SSSR count). The highest BCUT2D eigenvalue weighted by atomic mass is 16.5. The van der Waals surface area contributed by atoms with E-state index < -0.39 is 0 Å². The Morgan fingerprint density at radius 3 is 2.65 bits per heavy atom. The Morgan fingerprint density at radius 1 is 1.29 bits per heavy atom. The highest BCUT2D eigenvalue weighted by Gasteiger charge is 2.06. The van der Waals surface area contributed by atoms with Gasteiger partial charge in [0, 0.05) is 12.8 Å². The van der Waals surface area contributed by atoms with Crippen LogP contribution in [0.4, 0.5) is 0 Å². The largest absolute Gasteiger partial charge is 0.376 e. The summed E-state index contributed by atoms with van der Waals surface area (Å²) in [6, 6.07) is 10.0. The summed E-state index contributed by atoms with van der Waals surface area (Å²) < 4.78 is 5.48. The van der Waals surface area contributed by atoms with Crippen LogP contribution < -0.4 is 0 Å². The third-order valence-corrected chi connectivity index (χ3v) is 2.91. The van der Waals surface area contributed by atoms with E-state index in [-0.39, 0.29) is 0 Å². The molecule has 1 unspecified atom stereocenters. The quantitative estimate of drug-likeness (QED) is 0.642. The van der Waals surface area contributed by atoms with E-state index in [1.807, 2.05) is 30.3 Å². The standard InChI is InChI=1S/C15H22O2/c1-3-13(2)11-15(16)9-10-17-12-14-7-5-4-6-8-14/h4-8,13H,3,9-12H2,1-2H3. The van der Waals surface area contributed by atoms with Crippen molar-refractivity contribution in [3.05, 3.63) is 35.9 Å². The zero-order valence-electron chi connectivity index (χ0n) is 10.8. The molecular weight excluding hydrogens is 212 g/mol. The Kier molecular flexibility index (Phi) is 6.56. The summed E-state index contributed by atoms with van der Waals surface area (Å²) in [5.41, 5.74) is 1.15. The molecule has 0 saturated carbocycles. The van der Waals surface area contributed by atoms with E-state index in [1.54, 1.807) is 0 Å². The van der Waals surface area contributed by atoms with Gasteiger partial charge in [-0.2, -0.15) is 0 Å². The minimum Gasteiger partial charge on any atom is -0.376 e. The molecular formula is C15H22O2. The topological polar surface area (TPSA) is 26.3 Å². The zero-order chi connectivity index (χ0) is 12.5. The zero-order valence-corrected chi connectivity index (χ0v) is 10.8. The average Bonchev–Trinajstić information content (AvgIpc) is 2.36. The van der Waals surface area contributed by atoms with Crippen LogP contribution in [-0.4, -0.2) is 12.4 Å². The van der Waals surface area contributed by atoms with Crippen molar-refractivity contribution in [3.63, 3.8) is 0 Å². The van der Waals surface area contributed by atoms with E-state index in [4.69, 9.17) is 4.74 Å². The van der Waals surface area contributed by atoms with E-state index in [2.05, 4.69) is 13.8 Å². The first-order valence-electron chi connectivity index (χ1n) is 6.35. The maximum absolute atomic E-state index is 11.5. The fourth-order valence-electron chi connectivity index (χ4n) is 1.59. The molecule has 0 radical (unpaired) electrons. The fourth-order valence-corrected chi connectivity index (χ4v) is 1.59. The third kappa shape index (κ3) is 6.22. The molecule has 0 N–H and O–H groups in total. The van der Waals surface area contributed by atoms with E-state index in [9.17, 15) is 4.79 Å². The summed E-state index contributed by atoms with van der Waals surface area (Å²) in [7, 11) is 0. The van der Waals surface area contributed by atoms with Gasteiger partial charge < -0.3 is 4.74 Å². The molecule has 1 aromatic rings. The molecule has 0 aliphatic rings. The SMILES string of the molecule is CCC(C)CC(=O)CCOCc1ccccc1. The van der Waals surface area contributed by atoms with Crippen LogP contribution in [0.1, 0.15) is 38.7 Å². The molecule has 0 bridgehead atoms. The summed E-state index contributed by atoms with van der Waals surface area (Å²) in [6.07, 6.45) is 2.29. The number of hydrogen-bond donors (Lipinski definition) is 0. The second-order valence-corrected chi connectivity index (χ2v) is 4.54. The van der Waals surface area contributed by atoms with Gasteiger partial charge in [0.15, 0.2) is 0 Å². The molecule has 1 aromatic carbocycles. The van der Waals surface area contributed by atoms with Gasteiger partial charge in [-0.15, -0.1) is 0 Å². The van der Waals surface area contributed by atoms with Crippen LogP contribution in [0.3, 0.4) is 0 Å². The molecule has 0 saturated heterocycles. The number of benzene rings is 1. The first-order chi connectivity index (χ1) is 8.22. The second-order valence-electron chi connectivity index (χ2n) is 4.54. The molecule has 2 heteroatoms. The number of carbonyl (C=O) groups is 1. The van der Waals surface area contributed by atoms with Crippen LogP contribution in [0.5, 0.6) is 0 Å². The summed E-state index contributed by atoms with van der Waals surface area (Å²) in [6.45, 7) is 5.36. The van der Waals surface area contributed by atoms with Gasteiger partial charge in [0.25, 0.3) is 0 Å². The lowest BCUT2D eigenvalue weighted by molar-refractivity contribution is -0.121. The van der Waals surface area contributed by atoms with E-state index in [0.29, 0.717) is 37.8 Å². The Balaban J connectivity index is 2.10. The first kappa shape index (κ1) is 13.9. The van der Waals surface area contributed by atoms with Crippen LogP contribution in [0.25, 0.3) is 0 Å². The summed E-state index contributed by atoms with van der Waals surface area (Å²) >= 11 is 0. The Morgan fingerprint density at radius 2 is 2.00 bits per heavy atom. The summed E-state index contributed by atoms with van der Waals surface area (Å²) in [4.78, 5) is 11.5. The van der Waals surface area contributed by atoms with Gasteiger partial charge in [-0.1, -0.05) is 50.6 Å². The van der Waals surface area contributed by atoms with Gasteiger partial charge in [-0.05, 0) is 11.5 Å². The number of carbonyl (C=O) groups excluding carboxylic acids is 1. The van der Waals surface area contributed by atoms with Gasteiger partial charge in [-0.3, -0.25) is 4.79 Å². The number of ether oxygens (including phenoxy) is 1. The molecule has 94 valence electrons. The van der Waals surface area contributed by atoms with E-state index >= 15 is 0 Å². The molecule has 0 spiro atoms. The Bertz CT molecular complexity index is 319. The Labute approximate surface area is 104 Å². The lowest BCUT2D eigenvalue weighted by atomic mass is 10.0. The molecule has 0 aliphatic heterocycles. The minimum atomic E-state index is 0.312. The van der Waals surface area contributed by atoms with Crippen LogP contribution in [0.2, 0.25) is 0 Å². The van der Waals surface area contributed by atoms with Gasteiger partial charge in [0.05, 0.1) is 13.2 Å². The monoisotopic (exact) mass is 234 g/mol. The highest BCUT2D eigenvalue weighted by Crippen LogP contribution is 2.08. The maximum Gasteiger partial charge on any atom is 0.135 e. The number of rotatable bonds is 8. The van der Waals surface area contributed by atoms with Crippen LogP contribution in [0.15, 0.2) is 30.3 Å². The van der Waals surface area contributed by atoms with Crippen molar-refractivity contribution in [1.29, 1.82) is 0 Å². The molecule has 0 amide bonds. The van der Waals surface area contributed by atoms with Crippen molar-refractivity contribution in [2.45, 2.75) is 39.7 Å². The summed E-state index contributed by atoms with van der Waals surface area (Å²) in [5.74, 6) is 0.809. The predicted molar refractivity (Wildman–Crippen MR) is 69.8 cm³/mol. The molecule has 2 nitrogen and oxygen atoms in total. The predicted octanol–water partition coefficient (Wildman–Crippen LogP) is 3.60. The minimum absolute atomic E-state index is 0.312. The van der Waals surface area contributed by atoms with Crippen LogP contribution in [0, 0.1) is 5.92 Å². The smallest absolute Gasteiger partial charge is 0.135 e. The normalized spacial score (nSPS) is 12.4. The van der Waals surface area contributed by atoms with Crippen molar-refractivity contribution in [1.82, 2.24) is 0 Å². The average molecular weight is 234 g/mol. The van der Waals surface area contributed by atoms with Crippen LogP contribution in [-0.2, 0) is 16.1 Å². The van der Waals surface area contributed by atoms with Crippen molar-refractivity contribution >= 4 is 5.78 Å². The maximum atomic E-state index is 11.5. The molecule has 0 fully saturated rings. The van der Waals surface area contributed by atoms with Gasteiger partial charge in [0.2, 0.25) is 0 Å².